The van der Waals surface area contributed by atoms with E-state index < -0.39 is 0 Å². The Morgan fingerprint density at radius 3 is 2.56 bits per heavy atom. The molecule has 32 heavy (non-hydrogen) atoms. The van der Waals surface area contributed by atoms with Crippen molar-refractivity contribution in [1.82, 2.24) is 10.5 Å². The van der Waals surface area contributed by atoms with Crippen molar-refractivity contribution in [3.05, 3.63) is 72.3 Å². The van der Waals surface area contributed by atoms with Gasteiger partial charge in [-0.15, -0.1) is 0 Å². The molecule has 160 valence electrons. The van der Waals surface area contributed by atoms with E-state index in [4.69, 9.17) is 14.0 Å². The first-order valence-corrected chi connectivity index (χ1v) is 10.1. The lowest BCUT2D eigenvalue weighted by Gasteiger charge is -2.19. The number of aromatic nitrogens is 1. The summed E-state index contributed by atoms with van der Waals surface area (Å²) in [6.45, 7) is 0.779. The highest BCUT2D eigenvalue weighted by Gasteiger charge is 2.16. The molecule has 4 aromatic rings. The number of hydrogen-bond donors (Lipinski definition) is 2. The molecule has 2 N–H and O–H groups in total. The topological polar surface area (TPSA) is 103 Å². The molecule has 8 heteroatoms. The van der Waals surface area contributed by atoms with Crippen LogP contribution in [0.15, 0.2) is 71.3 Å². The normalized spacial score (nSPS) is 12.4. The summed E-state index contributed by atoms with van der Waals surface area (Å²) >= 11 is 0. The van der Waals surface area contributed by atoms with Crippen LogP contribution in [0.2, 0.25) is 0 Å². The van der Waals surface area contributed by atoms with Crippen molar-refractivity contribution in [2.24, 2.45) is 0 Å². The third kappa shape index (κ3) is 3.98. The molecule has 0 spiro atoms. The van der Waals surface area contributed by atoms with E-state index in [1.165, 1.54) is 0 Å². The monoisotopic (exact) mass is 429 g/mol. The molecule has 1 aliphatic rings. The number of anilines is 1. The fourth-order valence-electron chi connectivity index (χ4n) is 3.47. The van der Waals surface area contributed by atoms with Crippen LogP contribution < -0.4 is 20.1 Å². The minimum Gasteiger partial charge on any atom is -0.486 e. The fourth-order valence-corrected chi connectivity index (χ4v) is 3.47. The summed E-state index contributed by atoms with van der Waals surface area (Å²) in [5.41, 5.74) is 2.49. The number of amides is 2. The quantitative estimate of drug-likeness (QED) is 0.502. The maximum atomic E-state index is 12.6. The zero-order valence-electron chi connectivity index (χ0n) is 17.0. The smallest absolute Gasteiger partial charge is 0.251 e. The van der Waals surface area contributed by atoms with Crippen LogP contribution in [0.25, 0.3) is 22.2 Å². The van der Waals surface area contributed by atoms with Gasteiger partial charge in [0.25, 0.3) is 5.91 Å². The minimum atomic E-state index is -0.371. The molecule has 2 amide bonds. The molecule has 0 aliphatic carbocycles. The van der Waals surface area contributed by atoms with Gasteiger partial charge in [-0.1, -0.05) is 35.5 Å². The Hall–Kier alpha value is -4.33. The summed E-state index contributed by atoms with van der Waals surface area (Å²) in [7, 11) is 0. The van der Waals surface area contributed by atoms with E-state index >= 15 is 0 Å². The van der Waals surface area contributed by atoms with Crippen LogP contribution in [0.1, 0.15) is 10.4 Å². The van der Waals surface area contributed by atoms with Crippen LogP contribution in [0.5, 0.6) is 11.5 Å². The maximum Gasteiger partial charge on any atom is 0.251 e. The maximum absolute atomic E-state index is 12.6. The zero-order chi connectivity index (χ0) is 21.9. The zero-order valence-corrected chi connectivity index (χ0v) is 17.0. The van der Waals surface area contributed by atoms with E-state index in [0.29, 0.717) is 47.2 Å². The van der Waals surface area contributed by atoms with Gasteiger partial charge < -0.3 is 24.6 Å². The lowest BCUT2D eigenvalue weighted by Crippen LogP contribution is -2.32. The van der Waals surface area contributed by atoms with Gasteiger partial charge in [-0.05, 0) is 30.3 Å². The van der Waals surface area contributed by atoms with Gasteiger partial charge in [0, 0.05) is 22.9 Å². The Balaban J connectivity index is 1.25. The van der Waals surface area contributed by atoms with Crippen molar-refractivity contribution in [3.8, 4) is 22.8 Å². The van der Waals surface area contributed by atoms with Gasteiger partial charge in [0.1, 0.15) is 18.7 Å². The predicted octanol–water partition coefficient (Wildman–Crippen LogP) is 3.63. The van der Waals surface area contributed by atoms with Gasteiger partial charge in [-0.25, -0.2) is 0 Å². The second kappa shape index (κ2) is 8.43. The van der Waals surface area contributed by atoms with Crippen molar-refractivity contribution in [2.45, 2.75) is 0 Å². The van der Waals surface area contributed by atoms with Crippen molar-refractivity contribution in [2.75, 3.05) is 25.1 Å². The van der Waals surface area contributed by atoms with Crippen LogP contribution in [0.4, 0.5) is 5.69 Å². The highest BCUT2D eigenvalue weighted by molar-refractivity contribution is 6.03. The van der Waals surface area contributed by atoms with Crippen molar-refractivity contribution >= 4 is 28.4 Å². The first-order chi connectivity index (χ1) is 15.7. The molecule has 1 aliphatic heterocycles. The van der Waals surface area contributed by atoms with Gasteiger partial charge in [-0.2, -0.15) is 0 Å². The summed E-state index contributed by atoms with van der Waals surface area (Å²) in [5, 5.41) is 10.2. The van der Waals surface area contributed by atoms with E-state index in [2.05, 4.69) is 15.8 Å². The largest absolute Gasteiger partial charge is 0.486 e. The SMILES string of the molecule is O=C(CNC(=O)c1ccc2noc(-c3ccccc3)c2c1)Nc1ccc2c(c1)OCCO2. The number of ether oxygens (including phenoxy) is 2. The van der Waals surface area contributed by atoms with Crippen LogP contribution >= 0.6 is 0 Å². The Bertz CT molecular complexity index is 1300. The summed E-state index contributed by atoms with van der Waals surface area (Å²) in [5.74, 6) is 1.08. The molecule has 8 nitrogen and oxygen atoms in total. The lowest BCUT2D eigenvalue weighted by molar-refractivity contribution is -0.115. The summed E-state index contributed by atoms with van der Waals surface area (Å²) in [6, 6.07) is 19.8. The molecule has 0 unspecified atom stereocenters. The van der Waals surface area contributed by atoms with Gasteiger partial charge in [0.2, 0.25) is 5.91 Å². The number of carbonyl (C=O) groups excluding carboxylic acids is 2. The third-order valence-electron chi connectivity index (χ3n) is 5.01. The standard InChI is InChI=1S/C24H19N3O5/c28-22(26-17-7-9-20-21(13-17)31-11-10-30-20)14-25-24(29)16-6-8-19-18(12-16)23(32-27-19)15-4-2-1-3-5-15/h1-9,12-13H,10-11,14H2,(H,25,29)(H,26,28). The summed E-state index contributed by atoms with van der Waals surface area (Å²) in [6.07, 6.45) is 0. The Kier molecular flexibility index (Phi) is 5.17. The molecule has 0 radical (unpaired) electrons. The number of nitrogens with one attached hydrogen (secondary N) is 2. The molecule has 0 atom stereocenters. The second-order valence-corrected chi connectivity index (χ2v) is 7.20. The molecular weight excluding hydrogens is 410 g/mol. The molecular formula is C24H19N3O5. The number of nitrogens with zero attached hydrogens (tertiary/aromatic N) is 1. The number of carbonyl (C=O) groups is 2. The average Bonchev–Trinajstić information content (AvgIpc) is 3.26. The predicted molar refractivity (Wildman–Crippen MR) is 118 cm³/mol. The molecule has 0 bridgehead atoms. The first-order valence-electron chi connectivity index (χ1n) is 10.1. The Labute approximate surface area is 183 Å². The van der Waals surface area contributed by atoms with Crippen LogP contribution in [-0.2, 0) is 4.79 Å². The number of rotatable bonds is 5. The third-order valence-corrected chi connectivity index (χ3v) is 5.01. The average molecular weight is 429 g/mol. The molecule has 0 saturated heterocycles. The van der Waals surface area contributed by atoms with Crippen molar-refractivity contribution in [1.29, 1.82) is 0 Å². The molecule has 1 aromatic heterocycles. The van der Waals surface area contributed by atoms with E-state index in [1.54, 1.807) is 36.4 Å². The van der Waals surface area contributed by atoms with Gasteiger partial charge in [0.05, 0.1) is 11.9 Å². The summed E-state index contributed by atoms with van der Waals surface area (Å²) in [4.78, 5) is 24.9. The molecule has 2 heterocycles. The van der Waals surface area contributed by atoms with E-state index in [1.807, 2.05) is 30.3 Å². The summed E-state index contributed by atoms with van der Waals surface area (Å²) < 4.78 is 16.5. The number of benzene rings is 3. The van der Waals surface area contributed by atoms with Crippen molar-refractivity contribution in [3.63, 3.8) is 0 Å². The van der Waals surface area contributed by atoms with Crippen LogP contribution in [-0.4, -0.2) is 36.7 Å². The first kappa shape index (κ1) is 19.6. The Morgan fingerprint density at radius 1 is 0.906 bits per heavy atom. The minimum absolute atomic E-state index is 0.180. The van der Waals surface area contributed by atoms with E-state index in [0.717, 1.165) is 10.9 Å². The molecule has 5 rings (SSSR count). The van der Waals surface area contributed by atoms with Crippen LogP contribution in [0.3, 0.4) is 0 Å². The lowest BCUT2D eigenvalue weighted by atomic mass is 10.1. The highest BCUT2D eigenvalue weighted by Crippen LogP contribution is 2.32. The molecule has 0 fully saturated rings. The van der Waals surface area contributed by atoms with Crippen molar-refractivity contribution < 1.29 is 23.6 Å². The second-order valence-electron chi connectivity index (χ2n) is 7.20. The van der Waals surface area contributed by atoms with E-state index in [-0.39, 0.29) is 18.4 Å². The molecule has 0 saturated carbocycles. The van der Waals surface area contributed by atoms with E-state index in [9.17, 15) is 9.59 Å². The van der Waals surface area contributed by atoms with Gasteiger partial charge >= 0.3 is 0 Å². The van der Waals surface area contributed by atoms with Gasteiger partial charge in [-0.3, -0.25) is 9.59 Å². The number of fused-ring (bicyclic) bond motifs is 2. The Morgan fingerprint density at radius 2 is 1.72 bits per heavy atom. The fraction of sp³-hybridized carbons (Fsp3) is 0.125. The molecule has 3 aromatic carbocycles. The highest BCUT2D eigenvalue weighted by atomic mass is 16.6. The van der Waals surface area contributed by atoms with Gasteiger partial charge in [0.15, 0.2) is 17.3 Å². The number of hydrogen-bond acceptors (Lipinski definition) is 6. The van der Waals surface area contributed by atoms with Crippen LogP contribution in [0, 0.1) is 0 Å².